The van der Waals surface area contributed by atoms with Crippen LogP contribution in [0.1, 0.15) is 58.3 Å². The molecule has 28 heavy (non-hydrogen) atoms. The molecule has 0 aliphatic carbocycles. The third kappa shape index (κ3) is 5.46. The fourth-order valence-electron chi connectivity index (χ4n) is 4.46. The summed E-state index contributed by atoms with van der Waals surface area (Å²) >= 11 is 0. The van der Waals surface area contributed by atoms with E-state index in [2.05, 4.69) is 26.9 Å². The molecule has 0 N–H and O–H groups in total. The van der Waals surface area contributed by atoms with Crippen LogP contribution in [0.4, 0.5) is 5.69 Å². The topological polar surface area (TPSA) is 62.7 Å². The second-order valence-electron chi connectivity index (χ2n) is 8.12. The molecule has 0 saturated carbocycles. The van der Waals surface area contributed by atoms with Crippen LogP contribution in [0.2, 0.25) is 0 Å². The minimum Gasteiger partial charge on any atom is -0.466 e. The Balaban J connectivity index is 1.36. The number of rotatable bonds is 8. The molecule has 0 radical (unpaired) electrons. The number of carbonyl (C=O) groups is 2. The molecule has 2 fully saturated rings. The van der Waals surface area contributed by atoms with Gasteiger partial charge in [-0.3, -0.25) is 14.6 Å². The van der Waals surface area contributed by atoms with Crippen molar-refractivity contribution in [2.45, 2.75) is 58.3 Å². The summed E-state index contributed by atoms with van der Waals surface area (Å²) in [7, 11) is 0. The lowest BCUT2D eigenvalue weighted by molar-refractivity contribution is -0.143. The summed E-state index contributed by atoms with van der Waals surface area (Å²) in [5.41, 5.74) is 1.56. The number of anilines is 1. The van der Waals surface area contributed by atoms with E-state index in [0.29, 0.717) is 24.9 Å². The molecule has 3 rings (SSSR count). The van der Waals surface area contributed by atoms with Crippen molar-refractivity contribution in [2.75, 3.05) is 37.7 Å². The normalized spacial score (nSPS) is 18.5. The molecule has 2 aliphatic heterocycles. The predicted molar refractivity (Wildman–Crippen MR) is 109 cm³/mol. The largest absolute Gasteiger partial charge is 0.466 e. The van der Waals surface area contributed by atoms with Crippen molar-refractivity contribution < 1.29 is 14.3 Å². The molecule has 1 amide bonds. The van der Waals surface area contributed by atoms with Crippen molar-refractivity contribution in [3.63, 3.8) is 0 Å². The molecule has 0 unspecified atom stereocenters. The van der Waals surface area contributed by atoms with Crippen LogP contribution in [0.3, 0.4) is 0 Å². The Labute approximate surface area is 168 Å². The second-order valence-corrected chi connectivity index (χ2v) is 8.12. The molecule has 2 aliphatic rings. The highest BCUT2D eigenvalue weighted by molar-refractivity contribution is 5.76. The molecule has 2 saturated heterocycles. The van der Waals surface area contributed by atoms with Gasteiger partial charge in [-0.05, 0) is 56.6 Å². The quantitative estimate of drug-likeness (QED) is 0.505. The van der Waals surface area contributed by atoms with E-state index in [1.807, 2.05) is 19.3 Å². The van der Waals surface area contributed by atoms with Gasteiger partial charge in [0.1, 0.15) is 0 Å². The SMILES string of the molecule is CCOC(=O)CCCCCC(=O)N1CCC2(CCN(c3ccncc3)CC2)C1. The van der Waals surface area contributed by atoms with Crippen LogP contribution in [-0.4, -0.2) is 54.5 Å². The number of aromatic nitrogens is 1. The molecular formula is C22H33N3O3. The van der Waals surface area contributed by atoms with E-state index in [-0.39, 0.29) is 11.9 Å². The minimum absolute atomic E-state index is 0.131. The van der Waals surface area contributed by atoms with E-state index in [0.717, 1.165) is 64.7 Å². The fraction of sp³-hybridized carbons (Fsp3) is 0.682. The molecular weight excluding hydrogens is 354 g/mol. The van der Waals surface area contributed by atoms with Gasteiger partial charge in [-0.1, -0.05) is 6.42 Å². The van der Waals surface area contributed by atoms with Crippen molar-refractivity contribution in [1.29, 1.82) is 0 Å². The summed E-state index contributed by atoms with van der Waals surface area (Å²) < 4.78 is 4.93. The number of likely N-dealkylation sites (tertiary alicyclic amines) is 1. The Bertz CT molecular complexity index is 642. The number of carbonyl (C=O) groups excluding carboxylic acids is 2. The van der Waals surface area contributed by atoms with Gasteiger partial charge >= 0.3 is 5.97 Å². The average molecular weight is 388 g/mol. The smallest absolute Gasteiger partial charge is 0.305 e. The number of piperidine rings is 1. The molecule has 1 aromatic heterocycles. The number of pyridine rings is 1. The Kier molecular flexibility index (Phi) is 7.29. The van der Waals surface area contributed by atoms with Crippen molar-refractivity contribution in [3.05, 3.63) is 24.5 Å². The van der Waals surface area contributed by atoms with Crippen molar-refractivity contribution in [1.82, 2.24) is 9.88 Å². The number of hydrogen-bond donors (Lipinski definition) is 0. The summed E-state index contributed by atoms with van der Waals surface area (Å²) in [6.07, 6.45) is 10.8. The highest BCUT2D eigenvalue weighted by Gasteiger charge is 2.41. The number of esters is 1. The number of nitrogens with zero attached hydrogens (tertiary/aromatic N) is 3. The summed E-state index contributed by atoms with van der Waals surface area (Å²) in [6.45, 7) is 6.19. The summed E-state index contributed by atoms with van der Waals surface area (Å²) in [4.78, 5) is 32.5. The van der Waals surface area contributed by atoms with Gasteiger partial charge < -0.3 is 14.5 Å². The third-order valence-corrected chi connectivity index (χ3v) is 6.22. The first-order valence-electron chi connectivity index (χ1n) is 10.7. The van der Waals surface area contributed by atoms with Crippen molar-refractivity contribution in [3.8, 4) is 0 Å². The molecule has 6 nitrogen and oxygen atoms in total. The highest BCUT2D eigenvalue weighted by Crippen LogP contribution is 2.41. The van der Waals surface area contributed by atoms with Crippen LogP contribution in [0, 0.1) is 5.41 Å². The number of unbranched alkanes of at least 4 members (excludes halogenated alkanes) is 2. The lowest BCUT2D eigenvalue weighted by Gasteiger charge is -2.40. The number of ether oxygens (including phenoxy) is 1. The van der Waals surface area contributed by atoms with Crippen molar-refractivity contribution >= 4 is 17.6 Å². The van der Waals surface area contributed by atoms with Gasteiger partial charge in [-0.25, -0.2) is 0 Å². The zero-order valence-electron chi connectivity index (χ0n) is 17.1. The zero-order valence-corrected chi connectivity index (χ0v) is 17.1. The number of amides is 1. The Morgan fingerprint density at radius 2 is 1.71 bits per heavy atom. The Morgan fingerprint density at radius 1 is 1.04 bits per heavy atom. The maximum absolute atomic E-state index is 12.6. The third-order valence-electron chi connectivity index (χ3n) is 6.22. The first kappa shape index (κ1) is 20.6. The van der Waals surface area contributed by atoms with Gasteiger partial charge in [-0.2, -0.15) is 0 Å². The fourth-order valence-corrected chi connectivity index (χ4v) is 4.46. The van der Waals surface area contributed by atoms with E-state index < -0.39 is 0 Å². The second kappa shape index (κ2) is 9.89. The monoisotopic (exact) mass is 387 g/mol. The van der Waals surface area contributed by atoms with Gasteiger partial charge in [0, 0.05) is 57.1 Å². The van der Waals surface area contributed by atoms with Gasteiger partial charge in [0.25, 0.3) is 0 Å². The minimum atomic E-state index is -0.131. The maximum Gasteiger partial charge on any atom is 0.305 e. The van der Waals surface area contributed by atoms with Crippen LogP contribution in [0.5, 0.6) is 0 Å². The van der Waals surface area contributed by atoms with E-state index in [4.69, 9.17) is 4.74 Å². The lowest BCUT2D eigenvalue weighted by Crippen LogP contribution is -2.42. The molecule has 0 atom stereocenters. The molecule has 1 spiro atoms. The van der Waals surface area contributed by atoms with Gasteiger partial charge in [0.15, 0.2) is 0 Å². The Hall–Kier alpha value is -2.11. The van der Waals surface area contributed by atoms with Gasteiger partial charge in [0.2, 0.25) is 5.91 Å². The van der Waals surface area contributed by atoms with E-state index in [1.54, 1.807) is 0 Å². The average Bonchev–Trinajstić information content (AvgIpc) is 3.13. The van der Waals surface area contributed by atoms with E-state index >= 15 is 0 Å². The van der Waals surface area contributed by atoms with Crippen LogP contribution in [-0.2, 0) is 14.3 Å². The first-order valence-corrected chi connectivity index (χ1v) is 10.7. The van der Waals surface area contributed by atoms with Crippen LogP contribution < -0.4 is 4.90 Å². The highest BCUT2D eigenvalue weighted by atomic mass is 16.5. The molecule has 154 valence electrons. The van der Waals surface area contributed by atoms with Gasteiger partial charge in [-0.15, -0.1) is 0 Å². The molecule has 0 aromatic carbocycles. The first-order chi connectivity index (χ1) is 13.6. The maximum atomic E-state index is 12.6. The molecule has 1 aromatic rings. The summed E-state index contributed by atoms with van der Waals surface area (Å²) in [5.74, 6) is 0.151. The Morgan fingerprint density at radius 3 is 2.43 bits per heavy atom. The zero-order chi connectivity index (χ0) is 19.8. The predicted octanol–water partition coefficient (Wildman–Crippen LogP) is 3.41. The van der Waals surface area contributed by atoms with Crippen LogP contribution >= 0.6 is 0 Å². The van der Waals surface area contributed by atoms with Gasteiger partial charge in [0.05, 0.1) is 6.61 Å². The van der Waals surface area contributed by atoms with E-state index in [9.17, 15) is 9.59 Å². The standard InChI is InChI=1S/C22H33N3O3/c1-2-28-21(27)7-5-3-4-6-20(26)25-17-12-22(18-25)10-15-24(16-11-22)19-8-13-23-14-9-19/h8-9,13-14H,2-7,10-12,15-18H2,1H3. The van der Waals surface area contributed by atoms with Crippen LogP contribution in [0.25, 0.3) is 0 Å². The molecule has 0 bridgehead atoms. The lowest BCUT2D eigenvalue weighted by atomic mass is 9.77. The number of hydrogen-bond acceptors (Lipinski definition) is 5. The summed E-state index contributed by atoms with van der Waals surface area (Å²) in [6, 6.07) is 4.15. The molecule has 3 heterocycles. The van der Waals surface area contributed by atoms with Crippen LogP contribution in [0.15, 0.2) is 24.5 Å². The molecule has 6 heteroatoms. The van der Waals surface area contributed by atoms with Crippen molar-refractivity contribution in [2.24, 2.45) is 5.41 Å². The summed E-state index contributed by atoms with van der Waals surface area (Å²) in [5, 5.41) is 0. The van der Waals surface area contributed by atoms with E-state index in [1.165, 1.54) is 5.69 Å².